The van der Waals surface area contributed by atoms with Gasteiger partial charge < -0.3 is 5.32 Å². The average molecular weight is 249 g/mol. The molecule has 0 amide bonds. The van der Waals surface area contributed by atoms with Crippen molar-refractivity contribution in [1.29, 1.82) is 0 Å². The fourth-order valence-corrected chi connectivity index (χ4v) is 2.44. The van der Waals surface area contributed by atoms with E-state index in [4.69, 9.17) is 0 Å². The number of nitrogens with one attached hydrogen (secondary N) is 1. The first-order valence-corrected chi connectivity index (χ1v) is 6.43. The molecule has 0 atom stereocenters. The van der Waals surface area contributed by atoms with Crippen molar-refractivity contribution in [2.45, 2.75) is 25.4 Å². The van der Waals surface area contributed by atoms with Crippen LogP contribution in [-0.4, -0.2) is 16.0 Å². The first-order chi connectivity index (χ1) is 8.33. The zero-order valence-electron chi connectivity index (χ0n) is 9.19. The SMILES string of the molecule is Fc1cccnc1-c1ncc(CNC2CC2)s1. The van der Waals surface area contributed by atoms with Gasteiger partial charge in [0, 0.05) is 29.9 Å². The summed E-state index contributed by atoms with van der Waals surface area (Å²) in [5.41, 5.74) is 0.343. The van der Waals surface area contributed by atoms with Gasteiger partial charge in [-0.25, -0.2) is 9.37 Å². The van der Waals surface area contributed by atoms with Gasteiger partial charge in [0.05, 0.1) is 0 Å². The van der Waals surface area contributed by atoms with Gasteiger partial charge in [0.25, 0.3) is 0 Å². The second-order valence-electron chi connectivity index (χ2n) is 4.12. The van der Waals surface area contributed by atoms with Crippen molar-refractivity contribution in [3.63, 3.8) is 0 Å². The third kappa shape index (κ3) is 2.50. The van der Waals surface area contributed by atoms with Gasteiger partial charge in [-0.3, -0.25) is 4.98 Å². The van der Waals surface area contributed by atoms with Gasteiger partial charge in [-0.15, -0.1) is 11.3 Å². The van der Waals surface area contributed by atoms with E-state index in [1.165, 1.54) is 30.2 Å². The molecule has 0 aromatic carbocycles. The molecule has 1 aliphatic carbocycles. The Kier molecular flexibility index (Phi) is 2.86. The molecule has 0 radical (unpaired) electrons. The van der Waals surface area contributed by atoms with Crippen LogP contribution in [0.3, 0.4) is 0 Å². The summed E-state index contributed by atoms with van der Waals surface area (Å²) in [6, 6.07) is 3.67. The number of rotatable bonds is 4. The summed E-state index contributed by atoms with van der Waals surface area (Å²) in [6.45, 7) is 0.816. The third-order valence-electron chi connectivity index (χ3n) is 2.66. The molecular weight excluding hydrogens is 237 g/mol. The van der Waals surface area contributed by atoms with Crippen LogP contribution >= 0.6 is 11.3 Å². The molecule has 17 heavy (non-hydrogen) atoms. The normalized spacial score (nSPS) is 15.1. The van der Waals surface area contributed by atoms with Crippen LogP contribution in [0.25, 0.3) is 10.7 Å². The van der Waals surface area contributed by atoms with Gasteiger partial charge in [-0.1, -0.05) is 0 Å². The lowest BCUT2D eigenvalue weighted by Crippen LogP contribution is -2.14. The van der Waals surface area contributed by atoms with Crippen LogP contribution in [0.2, 0.25) is 0 Å². The first kappa shape index (κ1) is 10.8. The Balaban J connectivity index is 1.77. The molecule has 2 aromatic heterocycles. The Morgan fingerprint density at radius 3 is 3.06 bits per heavy atom. The van der Waals surface area contributed by atoms with Crippen molar-refractivity contribution in [3.8, 4) is 10.7 Å². The predicted octanol–water partition coefficient (Wildman–Crippen LogP) is 2.60. The minimum atomic E-state index is -0.316. The van der Waals surface area contributed by atoms with Crippen molar-refractivity contribution >= 4 is 11.3 Å². The van der Waals surface area contributed by atoms with E-state index in [-0.39, 0.29) is 5.82 Å². The van der Waals surface area contributed by atoms with Crippen molar-refractivity contribution in [1.82, 2.24) is 15.3 Å². The lowest BCUT2D eigenvalue weighted by atomic mass is 10.3. The number of aromatic nitrogens is 2. The Bertz CT molecular complexity index is 522. The molecule has 1 aliphatic rings. The fraction of sp³-hybridized carbons (Fsp3) is 0.333. The van der Waals surface area contributed by atoms with Crippen LogP contribution in [0.4, 0.5) is 4.39 Å². The van der Waals surface area contributed by atoms with Crippen LogP contribution < -0.4 is 5.32 Å². The van der Waals surface area contributed by atoms with E-state index in [1.54, 1.807) is 18.5 Å². The summed E-state index contributed by atoms with van der Waals surface area (Å²) in [4.78, 5) is 9.37. The maximum atomic E-state index is 13.5. The highest BCUT2D eigenvalue weighted by Crippen LogP contribution is 2.26. The standard InChI is InChI=1S/C12H12FN3S/c13-10-2-1-5-14-11(10)12-16-7-9(17-12)6-15-8-3-4-8/h1-2,5,7-8,15H,3-4,6H2. The van der Waals surface area contributed by atoms with E-state index < -0.39 is 0 Å². The highest BCUT2D eigenvalue weighted by Gasteiger charge is 2.20. The molecule has 3 nitrogen and oxygen atoms in total. The lowest BCUT2D eigenvalue weighted by molar-refractivity contribution is 0.625. The topological polar surface area (TPSA) is 37.8 Å². The molecule has 1 fully saturated rings. The maximum Gasteiger partial charge on any atom is 0.151 e. The van der Waals surface area contributed by atoms with E-state index in [0.717, 1.165) is 11.4 Å². The minimum absolute atomic E-state index is 0.316. The highest BCUT2D eigenvalue weighted by molar-refractivity contribution is 7.14. The number of hydrogen-bond donors (Lipinski definition) is 1. The summed E-state index contributed by atoms with van der Waals surface area (Å²) in [5.74, 6) is -0.316. The van der Waals surface area contributed by atoms with Crippen molar-refractivity contribution in [2.24, 2.45) is 0 Å². The zero-order valence-corrected chi connectivity index (χ0v) is 10.0. The third-order valence-corrected chi connectivity index (χ3v) is 3.66. The van der Waals surface area contributed by atoms with Crippen molar-refractivity contribution in [3.05, 3.63) is 35.2 Å². The minimum Gasteiger partial charge on any atom is -0.309 e. The summed E-state index contributed by atoms with van der Waals surface area (Å²) in [5, 5.41) is 4.06. The maximum absolute atomic E-state index is 13.5. The Labute approximate surface area is 103 Å². The molecule has 1 saturated carbocycles. The molecule has 0 aliphatic heterocycles. The second kappa shape index (κ2) is 4.50. The monoisotopic (exact) mass is 249 g/mol. The van der Waals surface area contributed by atoms with Gasteiger partial charge in [-0.05, 0) is 25.0 Å². The van der Waals surface area contributed by atoms with Crippen LogP contribution in [0.5, 0.6) is 0 Å². The molecule has 0 unspecified atom stereocenters. The quantitative estimate of drug-likeness (QED) is 0.905. The molecule has 2 aromatic rings. The Morgan fingerprint density at radius 2 is 2.29 bits per heavy atom. The van der Waals surface area contributed by atoms with Crippen LogP contribution in [0.1, 0.15) is 17.7 Å². The zero-order chi connectivity index (χ0) is 11.7. The largest absolute Gasteiger partial charge is 0.309 e. The van der Waals surface area contributed by atoms with Crippen LogP contribution in [-0.2, 0) is 6.54 Å². The van der Waals surface area contributed by atoms with E-state index in [0.29, 0.717) is 16.7 Å². The molecule has 88 valence electrons. The second-order valence-corrected chi connectivity index (χ2v) is 5.24. The average Bonchev–Trinajstić information content (AvgIpc) is 3.06. The molecule has 5 heteroatoms. The van der Waals surface area contributed by atoms with Crippen molar-refractivity contribution in [2.75, 3.05) is 0 Å². The van der Waals surface area contributed by atoms with E-state index in [2.05, 4.69) is 15.3 Å². The molecule has 0 bridgehead atoms. The summed E-state index contributed by atoms with van der Waals surface area (Å²) in [6.07, 6.45) is 5.91. The van der Waals surface area contributed by atoms with Crippen molar-refractivity contribution < 1.29 is 4.39 Å². The fourth-order valence-electron chi connectivity index (χ4n) is 1.57. The van der Waals surface area contributed by atoms with Gasteiger partial charge in [0.1, 0.15) is 10.7 Å². The Hall–Kier alpha value is -1.33. The molecule has 0 spiro atoms. The van der Waals surface area contributed by atoms with E-state index in [9.17, 15) is 4.39 Å². The molecule has 0 saturated heterocycles. The molecule has 2 heterocycles. The van der Waals surface area contributed by atoms with Gasteiger partial charge in [0.15, 0.2) is 5.82 Å². The number of nitrogens with zero attached hydrogens (tertiary/aromatic N) is 2. The summed E-state index contributed by atoms with van der Waals surface area (Å²) < 4.78 is 13.5. The number of halogens is 1. The molecule has 1 N–H and O–H groups in total. The Morgan fingerprint density at radius 1 is 1.41 bits per heavy atom. The smallest absolute Gasteiger partial charge is 0.151 e. The van der Waals surface area contributed by atoms with E-state index in [1.807, 2.05) is 0 Å². The molecular formula is C12H12FN3S. The number of hydrogen-bond acceptors (Lipinski definition) is 4. The number of thiazole rings is 1. The first-order valence-electron chi connectivity index (χ1n) is 5.62. The number of pyridine rings is 1. The van der Waals surface area contributed by atoms with Gasteiger partial charge in [0.2, 0.25) is 0 Å². The van der Waals surface area contributed by atoms with Crippen LogP contribution in [0.15, 0.2) is 24.5 Å². The molecule has 3 rings (SSSR count). The van der Waals surface area contributed by atoms with Gasteiger partial charge in [-0.2, -0.15) is 0 Å². The predicted molar refractivity (Wildman–Crippen MR) is 65.2 cm³/mol. The van der Waals surface area contributed by atoms with E-state index >= 15 is 0 Å². The highest BCUT2D eigenvalue weighted by atomic mass is 32.1. The van der Waals surface area contributed by atoms with Gasteiger partial charge >= 0.3 is 0 Å². The summed E-state index contributed by atoms with van der Waals surface area (Å²) >= 11 is 1.49. The lowest BCUT2D eigenvalue weighted by Gasteiger charge is -1.98. The van der Waals surface area contributed by atoms with Crippen LogP contribution in [0, 0.1) is 5.82 Å². The summed E-state index contributed by atoms with van der Waals surface area (Å²) in [7, 11) is 0.